The van der Waals surface area contributed by atoms with Crippen molar-refractivity contribution in [2.75, 3.05) is 7.11 Å². The molecule has 17 heavy (non-hydrogen) atoms. The van der Waals surface area contributed by atoms with Crippen LogP contribution in [0.2, 0.25) is 0 Å². The van der Waals surface area contributed by atoms with Gasteiger partial charge in [0.2, 0.25) is 0 Å². The standard InChI is InChI=1S/C14H18N2O/c1-17-13-9-6-10-16-12-8-5-3-2-4-7-11(12)15-14(13)16/h6,9-10H,2-5,7-8H2,1H3. The van der Waals surface area contributed by atoms with Crippen molar-refractivity contribution in [2.45, 2.75) is 38.5 Å². The fourth-order valence-corrected chi connectivity index (χ4v) is 2.70. The quantitative estimate of drug-likeness (QED) is 0.753. The van der Waals surface area contributed by atoms with E-state index in [2.05, 4.69) is 10.6 Å². The van der Waals surface area contributed by atoms with Gasteiger partial charge in [0.15, 0.2) is 11.4 Å². The normalized spacial score (nSPS) is 16.3. The Labute approximate surface area is 101 Å². The van der Waals surface area contributed by atoms with Crippen LogP contribution in [-0.4, -0.2) is 16.5 Å². The van der Waals surface area contributed by atoms with Crippen molar-refractivity contribution in [3.05, 3.63) is 29.7 Å². The van der Waals surface area contributed by atoms with Gasteiger partial charge in [-0.1, -0.05) is 12.8 Å². The second-order valence-electron chi connectivity index (χ2n) is 4.69. The van der Waals surface area contributed by atoms with E-state index in [9.17, 15) is 0 Å². The van der Waals surface area contributed by atoms with Gasteiger partial charge in [-0.25, -0.2) is 4.98 Å². The molecule has 0 saturated heterocycles. The molecular weight excluding hydrogens is 212 g/mol. The topological polar surface area (TPSA) is 26.5 Å². The molecule has 0 amide bonds. The van der Waals surface area contributed by atoms with Crippen LogP contribution in [0.5, 0.6) is 5.75 Å². The number of imidazole rings is 1. The summed E-state index contributed by atoms with van der Waals surface area (Å²) in [6.45, 7) is 0. The second kappa shape index (κ2) is 4.40. The van der Waals surface area contributed by atoms with Crippen LogP contribution in [0.1, 0.15) is 37.1 Å². The molecule has 0 fully saturated rings. The Bertz CT molecular complexity index is 530. The van der Waals surface area contributed by atoms with Crippen LogP contribution in [0.4, 0.5) is 0 Å². The third-order valence-corrected chi connectivity index (χ3v) is 3.59. The van der Waals surface area contributed by atoms with Gasteiger partial charge < -0.3 is 9.14 Å². The highest BCUT2D eigenvalue weighted by Gasteiger charge is 2.15. The summed E-state index contributed by atoms with van der Waals surface area (Å²) in [5, 5.41) is 0. The maximum absolute atomic E-state index is 5.38. The van der Waals surface area contributed by atoms with Crippen molar-refractivity contribution in [2.24, 2.45) is 0 Å². The monoisotopic (exact) mass is 230 g/mol. The van der Waals surface area contributed by atoms with Gasteiger partial charge >= 0.3 is 0 Å². The van der Waals surface area contributed by atoms with Crippen molar-refractivity contribution in [1.29, 1.82) is 0 Å². The number of fused-ring (bicyclic) bond motifs is 3. The Kier molecular flexibility index (Phi) is 2.75. The summed E-state index contributed by atoms with van der Waals surface area (Å²) < 4.78 is 7.59. The lowest BCUT2D eigenvalue weighted by Gasteiger charge is -2.09. The van der Waals surface area contributed by atoms with Gasteiger partial charge in [-0.05, 0) is 37.8 Å². The third kappa shape index (κ3) is 1.79. The molecule has 3 nitrogen and oxygen atoms in total. The minimum absolute atomic E-state index is 0.874. The predicted molar refractivity (Wildman–Crippen MR) is 67.6 cm³/mol. The number of aromatic nitrogens is 2. The van der Waals surface area contributed by atoms with Crippen LogP contribution in [0.25, 0.3) is 5.65 Å². The van der Waals surface area contributed by atoms with Crippen LogP contribution in [0.3, 0.4) is 0 Å². The van der Waals surface area contributed by atoms with E-state index in [0.717, 1.165) is 24.2 Å². The van der Waals surface area contributed by atoms with Crippen LogP contribution < -0.4 is 4.74 Å². The summed E-state index contributed by atoms with van der Waals surface area (Å²) >= 11 is 0. The Hall–Kier alpha value is -1.51. The summed E-state index contributed by atoms with van der Waals surface area (Å²) in [4.78, 5) is 4.76. The van der Waals surface area contributed by atoms with E-state index < -0.39 is 0 Å². The lowest BCUT2D eigenvalue weighted by Crippen LogP contribution is -2.01. The fourth-order valence-electron chi connectivity index (χ4n) is 2.70. The van der Waals surface area contributed by atoms with E-state index in [1.54, 1.807) is 7.11 Å². The number of aryl methyl sites for hydroxylation is 2. The Balaban J connectivity index is 2.18. The maximum Gasteiger partial charge on any atom is 0.180 e. The smallest absolute Gasteiger partial charge is 0.180 e. The number of hydrogen-bond acceptors (Lipinski definition) is 2. The summed E-state index contributed by atoms with van der Waals surface area (Å²) in [7, 11) is 1.71. The number of nitrogens with zero attached hydrogens (tertiary/aromatic N) is 2. The first-order valence-electron chi connectivity index (χ1n) is 6.43. The highest BCUT2D eigenvalue weighted by Crippen LogP contribution is 2.25. The number of ether oxygens (including phenoxy) is 1. The molecule has 1 aliphatic carbocycles. The largest absolute Gasteiger partial charge is 0.493 e. The molecule has 2 heterocycles. The molecule has 0 bridgehead atoms. The van der Waals surface area contributed by atoms with E-state index in [4.69, 9.17) is 9.72 Å². The molecule has 2 aromatic rings. The van der Waals surface area contributed by atoms with Gasteiger partial charge in [0.1, 0.15) is 0 Å². The van der Waals surface area contributed by atoms with E-state index in [0.29, 0.717) is 0 Å². The van der Waals surface area contributed by atoms with E-state index in [1.165, 1.54) is 37.1 Å². The SMILES string of the molecule is COc1cccn2c3c(nc12)CCCCCC3. The summed E-state index contributed by atoms with van der Waals surface area (Å²) in [6.07, 6.45) is 9.58. The first-order chi connectivity index (χ1) is 8.40. The molecule has 0 unspecified atom stereocenters. The van der Waals surface area contributed by atoms with Crippen molar-refractivity contribution in [1.82, 2.24) is 9.38 Å². The highest BCUT2D eigenvalue weighted by atomic mass is 16.5. The zero-order chi connectivity index (χ0) is 11.7. The molecule has 0 aliphatic heterocycles. The lowest BCUT2D eigenvalue weighted by atomic mass is 10.0. The summed E-state index contributed by atoms with van der Waals surface area (Å²) in [5.41, 5.74) is 3.63. The van der Waals surface area contributed by atoms with Gasteiger partial charge in [0, 0.05) is 11.9 Å². The van der Waals surface area contributed by atoms with Gasteiger partial charge in [-0.2, -0.15) is 0 Å². The third-order valence-electron chi connectivity index (χ3n) is 3.59. The first kappa shape index (κ1) is 10.6. The van der Waals surface area contributed by atoms with E-state index in [-0.39, 0.29) is 0 Å². The molecule has 3 rings (SSSR count). The lowest BCUT2D eigenvalue weighted by molar-refractivity contribution is 0.417. The van der Waals surface area contributed by atoms with Gasteiger partial charge in [0.05, 0.1) is 12.8 Å². The fraction of sp³-hybridized carbons (Fsp3) is 0.500. The van der Waals surface area contributed by atoms with Crippen molar-refractivity contribution in [3.8, 4) is 5.75 Å². The van der Waals surface area contributed by atoms with Gasteiger partial charge in [-0.3, -0.25) is 0 Å². The number of rotatable bonds is 1. The molecule has 0 spiro atoms. The molecule has 3 heteroatoms. The molecule has 0 radical (unpaired) electrons. The Morgan fingerprint density at radius 1 is 1.18 bits per heavy atom. The maximum atomic E-state index is 5.38. The molecular formula is C14H18N2O. The van der Waals surface area contributed by atoms with Gasteiger partial charge in [-0.15, -0.1) is 0 Å². The molecule has 2 aromatic heterocycles. The molecule has 0 aromatic carbocycles. The first-order valence-corrected chi connectivity index (χ1v) is 6.43. The number of methoxy groups -OCH3 is 1. The zero-order valence-electron chi connectivity index (χ0n) is 10.3. The summed E-state index contributed by atoms with van der Waals surface area (Å²) in [5.74, 6) is 0.874. The van der Waals surface area contributed by atoms with E-state index >= 15 is 0 Å². The molecule has 0 saturated carbocycles. The van der Waals surface area contributed by atoms with Crippen LogP contribution in [0.15, 0.2) is 18.3 Å². The average Bonchev–Trinajstić information content (AvgIpc) is 2.66. The highest BCUT2D eigenvalue weighted by molar-refractivity contribution is 5.56. The van der Waals surface area contributed by atoms with Crippen LogP contribution >= 0.6 is 0 Å². The minimum atomic E-state index is 0.874. The minimum Gasteiger partial charge on any atom is -0.493 e. The predicted octanol–water partition coefficient (Wildman–Crippen LogP) is 3.00. The zero-order valence-corrected chi connectivity index (χ0v) is 10.3. The Morgan fingerprint density at radius 2 is 2.00 bits per heavy atom. The van der Waals surface area contributed by atoms with Gasteiger partial charge in [0.25, 0.3) is 0 Å². The number of pyridine rings is 1. The second-order valence-corrected chi connectivity index (χ2v) is 4.69. The molecule has 1 aliphatic rings. The van der Waals surface area contributed by atoms with Crippen molar-refractivity contribution >= 4 is 5.65 Å². The molecule has 0 atom stereocenters. The van der Waals surface area contributed by atoms with Crippen molar-refractivity contribution < 1.29 is 4.74 Å². The van der Waals surface area contributed by atoms with Crippen molar-refractivity contribution in [3.63, 3.8) is 0 Å². The van der Waals surface area contributed by atoms with Crippen LogP contribution in [0, 0.1) is 0 Å². The van der Waals surface area contributed by atoms with Crippen LogP contribution in [-0.2, 0) is 12.8 Å². The number of hydrogen-bond donors (Lipinski definition) is 0. The average molecular weight is 230 g/mol. The molecule has 90 valence electrons. The van der Waals surface area contributed by atoms with E-state index in [1.807, 2.05) is 12.1 Å². The Morgan fingerprint density at radius 3 is 2.82 bits per heavy atom. The molecule has 0 N–H and O–H groups in total. The summed E-state index contributed by atoms with van der Waals surface area (Å²) in [6, 6.07) is 4.02.